The lowest BCUT2D eigenvalue weighted by Gasteiger charge is -2.09. The number of halogens is 4. The molecule has 0 spiro atoms. The van der Waals surface area contributed by atoms with E-state index in [1.165, 1.54) is 12.1 Å². The fourth-order valence-electron chi connectivity index (χ4n) is 1.81. The molecule has 0 radical (unpaired) electrons. The molecule has 0 atom stereocenters. The molecule has 5 heteroatoms. The molecule has 0 amide bonds. The zero-order valence-corrected chi connectivity index (χ0v) is 10.9. The Balaban J connectivity index is 2.53. The molecular weight excluding hydrogens is 275 g/mol. The minimum Gasteiger partial charge on any atom is -0.316 e. The third kappa shape index (κ3) is 2.91. The van der Waals surface area contributed by atoms with Crippen LogP contribution in [0.4, 0.5) is 13.2 Å². The van der Waals surface area contributed by atoms with Crippen molar-refractivity contribution in [2.75, 3.05) is 7.05 Å². The first kappa shape index (κ1) is 13.9. The smallest absolute Gasteiger partial charge is 0.160 e. The van der Waals surface area contributed by atoms with Gasteiger partial charge in [0, 0.05) is 17.7 Å². The Kier molecular flexibility index (Phi) is 4.12. The van der Waals surface area contributed by atoms with Gasteiger partial charge in [-0.15, -0.1) is 0 Å². The predicted molar refractivity (Wildman–Crippen MR) is 69.5 cm³/mol. The molecule has 2 aromatic rings. The van der Waals surface area contributed by atoms with Crippen molar-refractivity contribution in [3.63, 3.8) is 0 Å². The first-order chi connectivity index (χ1) is 9.02. The van der Waals surface area contributed by atoms with Crippen molar-refractivity contribution in [3.8, 4) is 11.1 Å². The van der Waals surface area contributed by atoms with E-state index in [0.717, 1.165) is 12.1 Å². The Labute approximate surface area is 114 Å². The van der Waals surface area contributed by atoms with Gasteiger partial charge in [-0.05, 0) is 36.9 Å². The minimum atomic E-state index is -1.01. The number of hydrogen-bond donors (Lipinski definition) is 1. The van der Waals surface area contributed by atoms with Crippen molar-refractivity contribution >= 4 is 11.6 Å². The molecule has 0 aliphatic heterocycles. The van der Waals surface area contributed by atoms with Gasteiger partial charge < -0.3 is 5.32 Å². The van der Waals surface area contributed by atoms with Gasteiger partial charge in [0.1, 0.15) is 5.82 Å². The molecule has 0 saturated carbocycles. The van der Waals surface area contributed by atoms with Crippen LogP contribution in [-0.2, 0) is 6.54 Å². The summed E-state index contributed by atoms with van der Waals surface area (Å²) in [7, 11) is 1.69. The van der Waals surface area contributed by atoms with E-state index in [-0.39, 0.29) is 10.8 Å². The van der Waals surface area contributed by atoms with E-state index in [1.807, 2.05) is 0 Å². The van der Waals surface area contributed by atoms with Gasteiger partial charge in [0.15, 0.2) is 11.6 Å². The second-order valence-corrected chi connectivity index (χ2v) is 4.49. The maximum absolute atomic E-state index is 13.5. The third-order valence-corrected chi connectivity index (χ3v) is 3.05. The number of benzene rings is 2. The van der Waals surface area contributed by atoms with Crippen molar-refractivity contribution in [2.45, 2.75) is 6.54 Å². The average molecular weight is 286 g/mol. The zero-order valence-electron chi connectivity index (χ0n) is 10.1. The molecule has 2 rings (SSSR count). The standard InChI is InChI=1S/C14H11ClF3N/c1-19-7-9-4-8(2-3-12(9)16)10-5-13(17)14(18)6-11(10)15/h2-6,19H,7H2,1H3. The summed E-state index contributed by atoms with van der Waals surface area (Å²) in [5.41, 5.74) is 1.30. The predicted octanol–water partition coefficient (Wildman–Crippen LogP) is 4.14. The highest BCUT2D eigenvalue weighted by Crippen LogP contribution is 2.31. The van der Waals surface area contributed by atoms with Crippen LogP contribution in [0.5, 0.6) is 0 Å². The molecule has 0 aliphatic rings. The third-order valence-electron chi connectivity index (χ3n) is 2.73. The summed E-state index contributed by atoms with van der Waals surface area (Å²) in [5, 5.41) is 2.92. The van der Waals surface area contributed by atoms with E-state index in [4.69, 9.17) is 11.6 Å². The number of nitrogens with one attached hydrogen (secondary N) is 1. The zero-order chi connectivity index (χ0) is 14.0. The highest BCUT2D eigenvalue weighted by atomic mass is 35.5. The SMILES string of the molecule is CNCc1cc(-c2cc(F)c(F)cc2Cl)ccc1F. The molecule has 0 aromatic heterocycles. The van der Waals surface area contributed by atoms with Crippen LogP contribution in [0.15, 0.2) is 30.3 Å². The van der Waals surface area contributed by atoms with Gasteiger partial charge in [0.2, 0.25) is 0 Å². The monoisotopic (exact) mass is 285 g/mol. The van der Waals surface area contributed by atoms with Crippen molar-refractivity contribution < 1.29 is 13.2 Å². The van der Waals surface area contributed by atoms with Gasteiger partial charge >= 0.3 is 0 Å². The van der Waals surface area contributed by atoms with Crippen LogP contribution in [0.3, 0.4) is 0 Å². The van der Waals surface area contributed by atoms with Gasteiger partial charge in [-0.25, -0.2) is 13.2 Å². The Morgan fingerprint density at radius 2 is 1.68 bits per heavy atom. The fourth-order valence-corrected chi connectivity index (χ4v) is 2.07. The highest BCUT2D eigenvalue weighted by molar-refractivity contribution is 6.33. The normalized spacial score (nSPS) is 10.8. The second-order valence-electron chi connectivity index (χ2n) is 4.08. The molecule has 0 unspecified atom stereocenters. The Hall–Kier alpha value is -1.52. The summed E-state index contributed by atoms with van der Waals surface area (Å²) in [6, 6.07) is 6.23. The molecule has 2 aromatic carbocycles. The van der Waals surface area contributed by atoms with Gasteiger partial charge in [-0.1, -0.05) is 17.7 Å². The molecule has 0 bridgehead atoms. The molecule has 1 N–H and O–H groups in total. The van der Waals surface area contributed by atoms with Crippen molar-refractivity contribution in [1.29, 1.82) is 0 Å². The number of hydrogen-bond acceptors (Lipinski definition) is 1. The lowest BCUT2D eigenvalue weighted by atomic mass is 10.0. The topological polar surface area (TPSA) is 12.0 Å². The van der Waals surface area contributed by atoms with Gasteiger partial charge in [0.25, 0.3) is 0 Å². The lowest BCUT2D eigenvalue weighted by molar-refractivity contribution is 0.509. The van der Waals surface area contributed by atoms with Gasteiger partial charge in [0.05, 0.1) is 5.02 Å². The highest BCUT2D eigenvalue weighted by Gasteiger charge is 2.12. The Morgan fingerprint density at radius 3 is 2.37 bits per heavy atom. The molecule has 0 saturated heterocycles. The maximum atomic E-state index is 13.5. The van der Waals surface area contributed by atoms with Gasteiger partial charge in [-0.2, -0.15) is 0 Å². The van der Waals surface area contributed by atoms with Crippen molar-refractivity contribution in [3.05, 3.63) is 58.4 Å². The van der Waals surface area contributed by atoms with Crippen LogP contribution in [0, 0.1) is 17.5 Å². The fraction of sp³-hybridized carbons (Fsp3) is 0.143. The summed E-state index contributed by atoms with van der Waals surface area (Å²) < 4.78 is 39.8. The van der Waals surface area contributed by atoms with E-state index >= 15 is 0 Å². The van der Waals surface area contributed by atoms with Crippen LogP contribution in [0.25, 0.3) is 11.1 Å². The lowest BCUT2D eigenvalue weighted by Crippen LogP contribution is -2.07. The van der Waals surface area contributed by atoms with Crippen LogP contribution < -0.4 is 5.32 Å². The van der Waals surface area contributed by atoms with Crippen LogP contribution in [0.2, 0.25) is 5.02 Å². The van der Waals surface area contributed by atoms with Crippen LogP contribution in [-0.4, -0.2) is 7.05 Å². The van der Waals surface area contributed by atoms with E-state index in [9.17, 15) is 13.2 Å². The van der Waals surface area contributed by atoms with E-state index in [0.29, 0.717) is 23.2 Å². The molecule has 0 fully saturated rings. The Bertz CT molecular complexity index is 614. The first-order valence-corrected chi connectivity index (χ1v) is 5.98. The van der Waals surface area contributed by atoms with Crippen molar-refractivity contribution in [1.82, 2.24) is 5.32 Å². The first-order valence-electron chi connectivity index (χ1n) is 5.61. The molecule has 1 nitrogen and oxygen atoms in total. The average Bonchev–Trinajstić information content (AvgIpc) is 2.37. The Morgan fingerprint density at radius 1 is 1.00 bits per heavy atom. The van der Waals surface area contributed by atoms with E-state index in [2.05, 4.69) is 5.32 Å². The molecule has 0 aliphatic carbocycles. The van der Waals surface area contributed by atoms with Crippen LogP contribution >= 0.6 is 11.6 Å². The summed E-state index contributed by atoms with van der Waals surface area (Å²) >= 11 is 5.89. The largest absolute Gasteiger partial charge is 0.316 e. The second kappa shape index (κ2) is 5.63. The molecule has 0 heterocycles. The summed E-state index contributed by atoms with van der Waals surface area (Å²) in [6.07, 6.45) is 0. The summed E-state index contributed by atoms with van der Waals surface area (Å²) in [5.74, 6) is -2.36. The number of rotatable bonds is 3. The van der Waals surface area contributed by atoms with E-state index in [1.54, 1.807) is 13.1 Å². The summed E-state index contributed by atoms with van der Waals surface area (Å²) in [6.45, 7) is 0.334. The molecule has 19 heavy (non-hydrogen) atoms. The van der Waals surface area contributed by atoms with Crippen LogP contribution in [0.1, 0.15) is 5.56 Å². The minimum absolute atomic E-state index is 0.0842. The van der Waals surface area contributed by atoms with E-state index < -0.39 is 11.6 Å². The van der Waals surface area contributed by atoms with Gasteiger partial charge in [-0.3, -0.25) is 0 Å². The molecule has 100 valence electrons. The molecular formula is C14H11ClF3N. The maximum Gasteiger partial charge on any atom is 0.160 e. The van der Waals surface area contributed by atoms with Crippen molar-refractivity contribution in [2.24, 2.45) is 0 Å². The quantitative estimate of drug-likeness (QED) is 0.836. The summed E-state index contributed by atoms with van der Waals surface area (Å²) in [4.78, 5) is 0.